The Labute approximate surface area is 116 Å². The molecule has 0 spiro atoms. The molecule has 19 heavy (non-hydrogen) atoms. The number of urea groups is 1. The van der Waals surface area contributed by atoms with Crippen molar-refractivity contribution in [3.05, 3.63) is 28.8 Å². The molecule has 2 N–H and O–H groups in total. The predicted molar refractivity (Wildman–Crippen MR) is 72.8 cm³/mol. The highest BCUT2D eigenvalue weighted by atomic mass is 35.5. The van der Waals surface area contributed by atoms with Gasteiger partial charge >= 0.3 is 12.0 Å². The Kier molecular flexibility index (Phi) is 3.95. The van der Waals surface area contributed by atoms with Gasteiger partial charge in [-0.15, -0.1) is 0 Å². The minimum atomic E-state index is -1.16. The Bertz CT molecular complexity index is 519. The number of aromatic carboxylic acids is 1. The van der Waals surface area contributed by atoms with Crippen molar-refractivity contribution in [2.75, 3.05) is 11.9 Å². The van der Waals surface area contributed by atoms with Gasteiger partial charge in [0, 0.05) is 12.6 Å². The van der Waals surface area contributed by atoms with Gasteiger partial charge < -0.3 is 15.3 Å². The van der Waals surface area contributed by atoms with Gasteiger partial charge in [0.1, 0.15) is 5.56 Å². The summed E-state index contributed by atoms with van der Waals surface area (Å²) in [6.07, 6.45) is 1.94. The van der Waals surface area contributed by atoms with Crippen molar-refractivity contribution in [2.45, 2.75) is 25.8 Å². The number of nitrogens with zero attached hydrogens (tertiary/aromatic N) is 1. The highest BCUT2D eigenvalue weighted by molar-refractivity contribution is 6.34. The summed E-state index contributed by atoms with van der Waals surface area (Å²) in [5.74, 6) is -1.16. The Morgan fingerprint density at radius 2 is 2.21 bits per heavy atom. The molecule has 1 unspecified atom stereocenters. The van der Waals surface area contributed by atoms with E-state index in [2.05, 4.69) is 5.32 Å². The van der Waals surface area contributed by atoms with E-state index in [4.69, 9.17) is 16.7 Å². The molecule has 1 heterocycles. The van der Waals surface area contributed by atoms with Crippen molar-refractivity contribution in [2.24, 2.45) is 0 Å². The number of halogens is 1. The standard InChI is InChI=1S/C13H15ClN2O3/c1-8-4-3-7-16(8)13(19)15-10-6-2-5-9(14)11(10)12(17)18/h2,5-6,8H,3-4,7H2,1H3,(H,15,19)(H,17,18). The van der Waals surface area contributed by atoms with Crippen molar-refractivity contribution >= 4 is 29.3 Å². The van der Waals surface area contributed by atoms with Gasteiger partial charge in [0.25, 0.3) is 0 Å². The monoisotopic (exact) mass is 282 g/mol. The van der Waals surface area contributed by atoms with E-state index in [9.17, 15) is 9.59 Å². The third-order valence-corrected chi connectivity index (χ3v) is 3.60. The fourth-order valence-corrected chi connectivity index (χ4v) is 2.52. The maximum atomic E-state index is 12.1. The van der Waals surface area contributed by atoms with Crippen LogP contribution in [0.4, 0.5) is 10.5 Å². The molecule has 1 saturated heterocycles. The molecule has 1 aliphatic rings. The number of carboxylic acids is 1. The molecule has 0 aliphatic carbocycles. The zero-order chi connectivity index (χ0) is 14.0. The smallest absolute Gasteiger partial charge is 0.339 e. The van der Waals surface area contributed by atoms with Crippen LogP contribution < -0.4 is 5.32 Å². The minimum absolute atomic E-state index is 0.0793. The molecule has 1 fully saturated rings. The summed E-state index contributed by atoms with van der Waals surface area (Å²) in [6.45, 7) is 2.67. The van der Waals surface area contributed by atoms with E-state index in [-0.39, 0.29) is 28.3 Å². The molecule has 0 saturated carbocycles. The van der Waals surface area contributed by atoms with Gasteiger partial charge in [-0.25, -0.2) is 9.59 Å². The summed E-state index contributed by atoms with van der Waals surface area (Å²) in [7, 11) is 0. The second kappa shape index (κ2) is 5.48. The number of benzene rings is 1. The molecule has 2 rings (SSSR count). The van der Waals surface area contributed by atoms with E-state index >= 15 is 0 Å². The molecule has 0 bridgehead atoms. The Balaban J connectivity index is 2.21. The van der Waals surface area contributed by atoms with Crippen LogP contribution in [0.25, 0.3) is 0 Å². The quantitative estimate of drug-likeness (QED) is 0.876. The molecule has 102 valence electrons. The SMILES string of the molecule is CC1CCCN1C(=O)Nc1cccc(Cl)c1C(=O)O. The molecule has 2 amide bonds. The summed E-state index contributed by atoms with van der Waals surface area (Å²) in [5, 5.41) is 11.9. The third kappa shape index (κ3) is 2.81. The number of carbonyl (C=O) groups excluding carboxylic acids is 1. The number of hydrogen-bond donors (Lipinski definition) is 2. The lowest BCUT2D eigenvalue weighted by atomic mass is 10.2. The number of carboxylic acid groups (broad SMARTS) is 1. The van der Waals surface area contributed by atoms with Gasteiger partial charge in [0.15, 0.2) is 0 Å². The number of hydrogen-bond acceptors (Lipinski definition) is 2. The first-order chi connectivity index (χ1) is 9.00. The van der Waals surface area contributed by atoms with Gasteiger partial charge in [-0.3, -0.25) is 0 Å². The number of carbonyl (C=O) groups is 2. The van der Waals surface area contributed by atoms with Crippen molar-refractivity contribution in [3.8, 4) is 0 Å². The number of rotatable bonds is 2. The van der Waals surface area contributed by atoms with E-state index in [0.717, 1.165) is 12.8 Å². The van der Waals surface area contributed by atoms with Crippen molar-refractivity contribution in [3.63, 3.8) is 0 Å². The summed E-state index contributed by atoms with van der Waals surface area (Å²) in [4.78, 5) is 25.0. The van der Waals surface area contributed by atoms with Crippen LogP contribution in [-0.4, -0.2) is 34.6 Å². The van der Waals surface area contributed by atoms with Crippen LogP contribution in [0.3, 0.4) is 0 Å². The van der Waals surface area contributed by atoms with E-state index in [0.29, 0.717) is 6.54 Å². The molecule has 1 aromatic carbocycles. The average molecular weight is 283 g/mol. The largest absolute Gasteiger partial charge is 0.478 e. The first kappa shape index (κ1) is 13.7. The van der Waals surface area contributed by atoms with Crippen molar-refractivity contribution < 1.29 is 14.7 Å². The Morgan fingerprint density at radius 3 is 2.79 bits per heavy atom. The summed E-state index contributed by atoms with van der Waals surface area (Å²) in [5.41, 5.74) is 0.147. The Morgan fingerprint density at radius 1 is 1.47 bits per heavy atom. The average Bonchev–Trinajstić information content (AvgIpc) is 2.75. The van der Waals surface area contributed by atoms with Crippen LogP contribution >= 0.6 is 11.6 Å². The normalized spacial score (nSPS) is 18.4. The summed E-state index contributed by atoms with van der Waals surface area (Å²) < 4.78 is 0. The van der Waals surface area contributed by atoms with E-state index < -0.39 is 5.97 Å². The molecular formula is C13H15ClN2O3. The second-order valence-electron chi connectivity index (χ2n) is 4.58. The molecule has 1 aromatic rings. The minimum Gasteiger partial charge on any atom is -0.478 e. The van der Waals surface area contributed by atoms with Crippen LogP contribution in [0.5, 0.6) is 0 Å². The summed E-state index contributed by atoms with van der Waals surface area (Å²) in [6, 6.07) is 4.52. The van der Waals surface area contributed by atoms with Crippen molar-refractivity contribution in [1.82, 2.24) is 4.90 Å². The van der Waals surface area contributed by atoms with Crippen LogP contribution in [0.1, 0.15) is 30.1 Å². The lowest BCUT2D eigenvalue weighted by Crippen LogP contribution is -2.37. The molecule has 6 heteroatoms. The van der Waals surface area contributed by atoms with Crippen molar-refractivity contribution in [1.29, 1.82) is 0 Å². The number of likely N-dealkylation sites (tertiary alicyclic amines) is 1. The lowest BCUT2D eigenvalue weighted by molar-refractivity contribution is 0.0698. The lowest BCUT2D eigenvalue weighted by Gasteiger charge is -2.22. The third-order valence-electron chi connectivity index (χ3n) is 3.28. The maximum absolute atomic E-state index is 12.1. The molecular weight excluding hydrogens is 268 g/mol. The maximum Gasteiger partial charge on any atom is 0.339 e. The second-order valence-corrected chi connectivity index (χ2v) is 4.99. The fraction of sp³-hybridized carbons (Fsp3) is 0.385. The highest BCUT2D eigenvalue weighted by Gasteiger charge is 2.26. The first-order valence-electron chi connectivity index (χ1n) is 6.10. The van der Waals surface area contributed by atoms with Crippen LogP contribution in [-0.2, 0) is 0 Å². The van der Waals surface area contributed by atoms with E-state index in [1.54, 1.807) is 11.0 Å². The van der Waals surface area contributed by atoms with Crippen LogP contribution in [0.15, 0.2) is 18.2 Å². The van der Waals surface area contributed by atoms with Gasteiger partial charge in [-0.05, 0) is 31.9 Å². The number of nitrogens with one attached hydrogen (secondary N) is 1. The molecule has 0 radical (unpaired) electrons. The number of amides is 2. The van der Waals surface area contributed by atoms with E-state index in [1.807, 2.05) is 6.92 Å². The highest BCUT2D eigenvalue weighted by Crippen LogP contribution is 2.25. The van der Waals surface area contributed by atoms with Crippen LogP contribution in [0, 0.1) is 0 Å². The van der Waals surface area contributed by atoms with Gasteiger partial charge in [0.2, 0.25) is 0 Å². The fourth-order valence-electron chi connectivity index (χ4n) is 2.27. The van der Waals surface area contributed by atoms with Crippen LogP contribution in [0.2, 0.25) is 5.02 Å². The first-order valence-corrected chi connectivity index (χ1v) is 6.48. The Hall–Kier alpha value is -1.75. The van der Waals surface area contributed by atoms with Gasteiger partial charge in [0.05, 0.1) is 10.7 Å². The van der Waals surface area contributed by atoms with E-state index in [1.165, 1.54) is 12.1 Å². The molecule has 0 aromatic heterocycles. The van der Waals surface area contributed by atoms with Gasteiger partial charge in [-0.1, -0.05) is 17.7 Å². The zero-order valence-electron chi connectivity index (χ0n) is 10.5. The topological polar surface area (TPSA) is 69.6 Å². The molecule has 1 atom stereocenters. The van der Waals surface area contributed by atoms with Gasteiger partial charge in [-0.2, -0.15) is 0 Å². The summed E-state index contributed by atoms with van der Waals surface area (Å²) >= 11 is 5.85. The molecule has 5 nitrogen and oxygen atoms in total. The molecule has 1 aliphatic heterocycles. The zero-order valence-corrected chi connectivity index (χ0v) is 11.3. The predicted octanol–water partition coefficient (Wildman–Crippen LogP) is 3.05. The number of anilines is 1.